The maximum Gasteiger partial charge on any atom is 0.321 e. The molecule has 0 radical (unpaired) electrons. The summed E-state index contributed by atoms with van der Waals surface area (Å²) in [5, 5.41) is 5.81. The van der Waals surface area contributed by atoms with Crippen LogP contribution in [0.5, 0.6) is 0 Å². The van der Waals surface area contributed by atoms with E-state index in [1.807, 2.05) is 18.0 Å². The molecule has 0 saturated carbocycles. The van der Waals surface area contributed by atoms with Gasteiger partial charge in [0.15, 0.2) is 5.69 Å². The predicted molar refractivity (Wildman–Crippen MR) is 115 cm³/mol. The van der Waals surface area contributed by atoms with Crippen molar-refractivity contribution in [3.63, 3.8) is 0 Å². The Morgan fingerprint density at radius 2 is 2.24 bits per heavy atom. The molecule has 1 aromatic heterocycles. The highest BCUT2D eigenvalue weighted by Crippen LogP contribution is 2.23. The highest BCUT2D eigenvalue weighted by molar-refractivity contribution is 6.34. The summed E-state index contributed by atoms with van der Waals surface area (Å²) in [6.07, 6.45) is 4.36. The minimum atomic E-state index is -0.428. The number of hydrogen-bond donors (Lipinski definition) is 2. The van der Waals surface area contributed by atoms with E-state index in [-0.39, 0.29) is 16.7 Å². The minimum Gasteiger partial charge on any atom is -0.344 e. The van der Waals surface area contributed by atoms with Gasteiger partial charge in [0.1, 0.15) is 0 Å². The molecular weight excluding hydrogens is 392 g/mol. The average molecular weight is 417 g/mol. The van der Waals surface area contributed by atoms with Gasteiger partial charge in [-0.2, -0.15) is 0 Å². The van der Waals surface area contributed by atoms with Gasteiger partial charge < -0.3 is 15.5 Å². The van der Waals surface area contributed by atoms with Gasteiger partial charge in [-0.05, 0) is 31.0 Å². The molecule has 8 nitrogen and oxygen atoms in total. The van der Waals surface area contributed by atoms with Gasteiger partial charge in [0.25, 0.3) is 5.91 Å². The van der Waals surface area contributed by atoms with E-state index < -0.39 is 5.91 Å². The molecular formula is C20H25ClN6O2. The summed E-state index contributed by atoms with van der Waals surface area (Å²) in [4.78, 5) is 36.9. The van der Waals surface area contributed by atoms with Crippen molar-refractivity contribution in [1.82, 2.24) is 15.3 Å². The number of benzene rings is 1. The molecule has 1 saturated heterocycles. The van der Waals surface area contributed by atoms with Crippen molar-refractivity contribution in [2.75, 3.05) is 41.8 Å². The van der Waals surface area contributed by atoms with Crippen LogP contribution in [0.15, 0.2) is 30.5 Å². The summed E-state index contributed by atoms with van der Waals surface area (Å²) in [6.45, 7) is 4.21. The molecule has 0 spiro atoms. The Bertz CT molecular complexity index is 891. The number of nitrogens with one attached hydrogen (secondary N) is 2. The number of hydrogen-bond acceptors (Lipinski definition) is 5. The van der Waals surface area contributed by atoms with Crippen molar-refractivity contribution in [2.24, 2.45) is 0 Å². The highest BCUT2D eigenvalue weighted by Gasteiger charge is 2.20. The standard InChI is InChI=1S/C20H25ClN6O2/c1-3-4-10-26(2)19-23-13-16(21)17(25-19)18(28)24-14-7-5-8-15(12-14)27-11-6-9-22-20(27)29/h5,7-8,12-13H,3-4,6,9-11H2,1-2H3,(H,22,29)(H,24,28). The number of carbonyl (C=O) groups excluding carboxylic acids is 2. The molecule has 1 aliphatic heterocycles. The summed E-state index contributed by atoms with van der Waals surface area (Å²) in [5.41, 5.74) is 1.39. The molecule has 2 aromatic rings. The summed E-state index contributed by atoms with van der Waals surface area (Å²) >= 11 is 6.17. The van der Waals surface area contributed by atoms with E-state index in [9.17, 15) is 9.59 Å². The quantitative estimate of drug-likeness (QED) is 0.720. The molecule has 0 atom stereocenters. The third kappa shape index (κ3) is 5.14. The van der Waals surface area contributed by atoms with Gasteiger partial charge in [0.2, 0.25) is 5.95 Å². The van der Waals surface area contributed by atoms with Crippen LogP contribution in [0.3, 0.4) is 0 Å². The van der Waals surface area contributed by atoms with Crippen molar-refractivity contribution in [1.29, 1.82) is 0 Å². The fourth-order valence-corrected chi connectivity index (χ4v) is 3.19. The number of urea groups is 1. The summed E-state index contributed by atoms with van der Waals surface area (Å²) in [7, 11) is 1.88. The lowest BCUT2D eigenvalue weighted by Crippen LogP contribution is -2.46. The highest BCUT2D eigenvalue weighted by atomic mass is 35.5. The first kappa shape index (κ1) is 20.9. The molecule has 3 rings (SSSR count). The fraction of sp³-hybridized carbons (Fsp3) is 0.400. The van der Waals surface area contributed by atoms with Crippen LogP contribution in [-0.4, -0.2) is 48.6 Å². The third-order valence-corrected chi connectivity index (χ3v) is 4.91. The molecule has 0 unspecified atom stereocenters. The van der Waals surface area contributed by atoms with Crippen LogP contribution >= 0.6 is 11.6 Å². The molecule has 29 heavy (non-hydrogen) atoms. The van der Waals surface area contributed by atoms with E-state index >= 15 is 0 Å². The maximum absolute atomic E-state index is 12.8. The van der Waals surface area contributed by atoms with Crippen LogP contribution in [0.1, 0.15) is 36.7 Å². The van der Waals surface area contributed by atoms with Crippen molar-refractivity contribution < 1.29 is 9.59 Å². The smallest absolute Gasteiger partial charge is 0.321 e. The van der Waals surface area contributed by atoms with Crippen LogP contribution in [-0.2, 0) is 0 Å². The minimum absolute atomic E-state index is 0.112. The van der Waals surface area contributed by atoms with Crippen molar-refractivity contribution in [2.45, 2.75) is 26.2 Å². The van der Waals surface area contributed by atoms with Crippen molar-refractivity contribution in [3.8, 4) is 0 Å². The normalized spacial score (nSPS) is 13.8. The van der Waals surface area contributed by atoms with Crippen LogP contribution in [0.25, 0.3) is 0 Å². The first-order chi connectivity index (χ1) is 14.0. The second-order valence-electron chi connectivity index (χ2n) is 6.88. The van der Waals surface area contributed by atoms with Crippen LogP contribution in [0.4, 0.5) is 22.1 Å². The molecule has 1 aromatic carbocycles. The molecule has 0 bridgehead atoms. The molecule has 154 valence electrons. The Morgan fingerprint density at radius 3 is 3.00 bits per heavy atom. The van der Waals surface area contributed by atoms with Crippen LogP contribution in [0.2, 0.25) is 5.02 Å². The average Bonchev–Trinajstić information content (AvgIpc) is 2.72. The second-order valence-corrected chi connectivity index (χ2v) is 7.29. The first-order valence-electron chi connectivity index (χ1n) is 9.70. The van der Waals surface area contributed by atoms with E-state index in [1.54, 1.807) is 23.1 Å². The van der Waals surface area contributed by atoms with E-state index in [0.29, 0.717) is 30.4 Å². The van der Waals surface area contributed by atoms with Gasteiger partial charge in [-0.3, -0.25) is 9.69 Å². The molecule has 1 fully saturated rings. The Morgan fingerprint density at radius 1 is 1.41 bits per heavy atom. The second kappa shape index (κ2) is 9.56. The van der Waals surface area contributed by atoms with Crippen molar-refractivity contribution >= 4 is 40.9 Å². The predicted octanol–water partition coefficient (Wildman–Crippen LogP) is 3.54. The zero-order valence-corrected chi connectivity index (χ0v) is 17.4. The third-order valence-electron chi connectivity index (χ3n) is 4.63. The van der Waals surface area contributed by atoms with E-state index in [2.05, 4.69) is 27.5 Å². The van der Waals surface area contributed by atoms with Gasteiger partial charge >= 0.3 is 6.03 Å². The number of unbranched alkanes of at least 4 members (excludes halogenated alkanes) is 1. The first-order valence-corrected chi connectivity index (χ1v) is 10.1. The molecule has 2 N–H and O–H groups in total. The Kier molecular flexibility index (Phi) is 6.87. The number of amides is 3. The maximum atomic E-state index is 12.8. The lowest BCUT2D eigenvalue weighted by atomic mass is 10.2. The summed E-state index contributed by atoms with van der Waals surface area (Å²) in [5.74, 6) is 0.0227. The van der Waals surface area contributed by atoms with E-state index in [1.165, 1.54) is 6.20 Å². The number of carbonyl (C=O) groups is 2. The Hall–Kier alpha value is -2.87. The van der Waals surface area contributed by atoms with E-state index in [4.69, 9.17) is 11.6 Å². The van der Waals surface area contributed by atoms with Crippen LogP contribution in [0, 0.1) is 0 Å². The van der Waals surface area contributed by atoms with Gasteiger partial charge in [0, 0.05) is 38.1 Å². The van der Waals surface area contributed by atoms with Gasteiger partial charge in [0.05, 0.1) is 11.2 Å². The lowest BCUT2D eigenvalue weighted by Gasteiger charge is -2.27. The topological polar surface area (TPSA) is 90.5 Å². The van der Waals surface area contributed by atoms with Gasteiger partial charge in [-0.1, -0.05) is 31.0 Å². The Balaban J connectivity index is 1.76. The molecule has 2 heterocycles. The molecule has 3 amide bonds. The molecule has 9 heteroatoms. The zero-order chi connectivity index (χ0) is 20.8. The SMILES string of the molecule is CCCCN(C)c1ncc(Cl)c(C(=O)Nc2cccc(N3CCCNC3=O)c2)n1. The van der Waals surface area contributed by atoms with E-state index in [0.717, 1.165) is 25.8 Å². The van der Waals surface area contributed by atoms with Crippen molar-refractivity contribution in [3.05, 3.63) is 41.2 Å². The van der Waals surface area contributed by atoms with Gasteiger partial charge in [-0.25, -0.2) is 14.8 Å². The molecule has 1 aliphatic rings. The largest absolute Gasteiger partial charge is 0.344 e. The monoisotopic (exact) mass is 416 g/mol. The zero-order valence-electron chi connectivity index (χ0n) is 16.6. The summed E-state index contributed by atoms with van der Waals surface area (Å²) in [6, 6.07) is 6.99. The Labute approximate surface area is 175 Å². The molecule has 0 aliphatic carbocycles. The number of halogens is 1. The number of anilines is 3. The van der Waals surface area contributed by atoms with Crippen LogP contribution < -0.4 is 20.4 Å². The van der Waals surface area contributed by atoms with Gasteiger partial charge in [-0.15, -0.1) is 0 Å². The number of rotatable bonds is 7. The summed E-state index contributed by atoms with van der Waals surface area (Å²) < 4.78 is 0. The number of nitrogens with zero attached hydrogens (tertiary/aromatic N) is 4. The lowest BCUT2D eigenvalue weighted by molar-refractivity contribution is 0.102. The number of aromatic nitrogens is 2. The fourth-order valence-electron chi connectivity index (χ4n) is 3.01.